The van der Waals surface area contributed by atoms with Gasteiger partial charge < -0.3 is 24.6 Å². The molecule has 0 saturated heterocycles. The maximum atomic E-state index is 12.9. The quantitative estimate of drug-likeness (QED) is 0.380. The summed E-state index contributed by atoms with van der Waals surface area (Å²) in [6.07, 6.45) is 4.77. The number of methoxy groups -OCH3 is 3. The van der Waals surface area contributed by atoms with Crippen molar-refractivity contribution in [3.63, 3.8) is 0 Å². The number of ether oxygens (including phenoxy) is 3. The first kappa shape index (κ1) is 27.3. The third kappa shape index (κ3) is 6.29. The lowest BCUT2D eigenvalue weighted by atomic mass is 9.78. The van der Waals surface area contributed by atoms with Crippen molar-refractivity contribution in [2.45, 2.75) is 51.4 Å². The number of carbonyl (C=O) groups is 1. The van der Waals surface area contributed by atoms with Crippen LogP contribution in [0.3, 0.4) is 0 Å². The monoisotopic (exact) mass is 512 g/mol. The van der Waals surface area contributed by atoms with Gasteiger partial charge in [-0.3, -0.25) is 4.79 Å². The van der Waals surface area contributed by atoms with Gasteiger partial charge in [0.2, 0.25) is 0 Å². The number of aromatic nitrogens is 1. The fraction of sp³-hybridized carbons (Fsp3) is 0.429. The molecule has 3 aromatic rings. The van der Waals surface area contributed by atoms with Crippen molar-refractivity contribution in [2.75, 3.05) is 27.9 Å². The molecule has 8 heteroatoms. The molecule has 4 rings (SSSR count). The minimum absolute atomic E-state index is 0.133. The van der Waals surface area contributed by atoms with E-state index in [1.807, 2.05) is 32.0 Å². The van der Waals surface area contributed by atoms with Gasteiger partial charge >= 0.3 is 0 Å². The first-order valence-electron chi connectivity index (χ1n) is 12.3. The molecule has 2 aromatic carbocycles. The molecule has 1 fully saturated rings. The number of amides is 1. The lowest BCUT2D eigenvalue weighted by molar-refractivity contribution is 0.0938. The molecule has 7 nitrogen and oxygen atoms in total. The molecule has 1 amide bonds. The molecule has 36 heavy (non-hydrogen) atoms. The van der Waals surface area contributed by atoms with Gasteiger partial charge in [-0.05, 0) is 48.2 Å². The van der Waals surface area contributed by atoms with Crippen molar-refractivity contribution in [2.24, 2.45) is 0 Å². The first-order valence-corrected chi connectivity index (χ1v) is 13.2. The number of benzene rings is 2. The highest BCUT2D eigenvalue weighted by Crippen LogP contribution is 2.43. The molecular formula is C28H36N2O5S. The highest BCUT2D eigenvalue weighted by molar-refractivity contribution is 7.09. The summed E-state index contributed by atoms with van der Waals surface area (Å²) in [5, 5.41) is 15.6. The molecule has 1 aromatic heterocycles. The Hall–Kier alpha value is -3.26. The van der Waals surface area contributed by atoms with Crippen molar-refractivity contribution in [3.05, 3.63) is 63.6 Å². The van der Waals surface area contributed by atoms with E-state index >= 15 is 0 Å². The van der Waals surface area contributed by atoms with Gasteiger partial charge in [0.05, 0.1) is 26.3 Å². The second kappa shape index (κ2) is 12.6. The van der Waals surface area contributed by atoms with E-state index in [4.69, 9.17) is 14.2 Å². The standard InChI is InChI=1S/C26H30N2O5S.C2H6/c1-31-20-11-17(10-19(29)14-20)12-24-28-21(15-34-24)25(30)27-16-26(8-4-5-9-26)18-6-7-22(32-2)23(13-18)33-3;1-2/h6-7,10-11,13-15,29H,4-5,8-9,12,16H2,1-3H3,(H,27,30);1-2H3. The maximum absolute atomic E-state index is 12.9. The molecule has 0 aliphatic heterocycles. The summed E-state index contributed by atoms with van der Waals surface area (Å²) in [5.41, 5.74) is 2.30. The van der Waals surface area contributed by atoms with E-state index in [9.17, 15) is 9.90 Å². The Morgan fingerprint density at radius 3 is 2.42 bits per heavy atom. The average Bonchev–Trinajstić information content (AvgIpc) is 3.58. The van der Waals surface area contributed by atoms with Crippen LogP contribution in [0.25, 0.3) is 0 Å². The fourth-order valence-corrected chi connectivity index (χ4v) is 5.47. The third-order valence-corrected chi connectivity index (χ3v) is 7.32. The molecule has 1 aliphatic carbocycles. The van der Waals surface area contributed by atoms with Gasteiger partial charge in [0.1, 0.15) is 17.2 Å². The minimum atomic E-state index is -0.178. The summed E-state index contributed by atoms with van der Waals surface area (Å²) in [6, 6.07) is 11.1. The summed E-state index contributed by atoms with van der Waals surface area (Å²) in [7, 11) is 4.82. The molecule has 2 N–H and O–H groups in total. The van der Waals surface area contributed by atoms with Crippen LogP contribution in [0.15, 0.2) is 41.8 Å². The smallest absolute Gasteiger partial charge is 0.270 e. The number of carbonyl (C=O) groups excluding carboxylic acids is 1. The van der Waals surface area contributed by atoms with Crippen LogP contribution < -0.4 is 19.5 Å². The van der Waals surface area contributed by atoms with Crippen LogP contribution in [-0.2, 0) is 11.8 Å². The van der Waals surface area contributed by atoms with E-state index < -0.39 is 0 Å². The molecular weight excluding hydrogens is 476 g/mol. The number of phenolic OH excluding ortho intramolecular Hbond substituents is 1. The Morgan fingerprint density at radius 2 is 1.75 bits per heavy atom. The zero-order valence-corrected chi connectivity index (χ0v) is 22.5. The van der Waals surface area contributed by atoms with Gasteiger partial charge in [0, 0.05) is 29.8 Å². The Kier molecular flexibility index (Phi) is 9.58. The van der Waals surface area contributed by atoms with Crippen LogP contribution in [0.5, 0.6) is 23.0 Å². The van der Waals surface area contributed by atoms with Crippen molar-refractivity contribution < 1.29 is 24.1 Å². The number of thiazole rings is 1. The summed E-state index contributed by atoms with van der Waals surface area (Å²) >= 11 is 1.43. The number of hydrogen-bond donors (Lipinski definition) is 2. The van der Waals surface area contributed by atoms with Crippen LogP contribution >= 0.6 is 11.3 Å². The second-order valence-electron chi connectivity index (χ2n) is 8.58. The summed E-state index contributed by atoms with van der Waals surface area (Å²) in [6.45, 7) is 4.54. The van der Waals surface area contributed by atoms with E-state index in [1.165, 1.54) is 11.3 Å². The first-order chi connectivity index (χ1) is 17.5. The van der Waals surface area contributed by atoms with E-state index in [0.717, 1.165) is 41.8 Å². The van der Waals surface area contributed by atoms with Gasteiger partial charge in [0.25, 0.3) is 5.91 Å². The number of nitrogens with one attached hydrogen (secondary N) is 1. The molecule has 1 heterocycles. The zero-order valence-electron chi connectivity index (χ0n) is 21.7. The second-order valence-corrected chi connectivity index (χ2v) is 9.53. The van der Waals surface area contributed by atoms with Crippen molar-refractivity contribution in [1.29, 1.82) is 0 Å². The van der Waals surface area contributed by atoms with Crippen LogP contribution in [-0.4, -0.2) is 43.9 Å². The molecule has 0 atom stereocenters. The molecule has 0 radical (unpaired) electrons. The van der Waals surface area contributed by atoms with Crippen LogP contribution in [0.2, 0.25) is 0 Å². The normalized spacial score (nSPS) is 13.9. The van der Waals surface area contributed by atoms with E-state index in [2.05, 4.69) is 16.4 Å². The molecule has 194 valence electrons. The van der Waals surface area contributed by atoms with E-state index in [-0.39, 0.29) is 17.1 Å². The molecule has 0 bridgehead atoms. The lowest BCUT2D eigenvalue weighted by Crippen LogP contribution is -2.39. The summed E-state index contributed by atoms with van der Waals surface area (Å²) in [4.78, 5) is 17.5. The van der Waals surface area contributed by atoms with Crippen molar-refractivity contribution in [1.82, 2.24) is 10.3 Å². The van der Waals surface area contributed by atoms with Gasteiger partial charge in [-0.25, -0.2) is 4.98 Å². The van der Waals surface area contributed by atoms with Crippen LogP contribution in [0.1, 0.15) is 66.2 Å². The maximum Gasteiger partial charge on any atom is 0.270 e. The Bertz CT molecular complexity index is 1150. The number of nitrogens with zero attached hydrogens (tertiary/aromatic N) is 1. The Labute approximate surface area is 217 Å². The van der Waals surface area contributed by atoms with Crippen LogP contribution in [0.4, 0.5) is 0 Å². The predicted octanol–water partition coefficient (Wildman–Crippen LogP) is 5.73. The van der Waals surface area contributed by atoms with Crippen LogP contribution in [0, 0.1) is 0 Å². The third-order valence-electron chi connectivity index (χ3n) is 6.47. The zero-order chi connectivity index (χ0) is 26.1. The highest BCUT2D eigenvalue weighted by Gasteiger charge is 2.36. The van der Waals surface area contributed by atoms with Gasteiger partial charge in [0.15, 0.2) is 11.5 Å². The predicted molar refractivity (Wildman–Crippen MR) is 143 cm³/mol. The Balaban J connectivity index is 0.00000176. The average molecular weight is 513 g/mol. The molecule has 0 spiro atoms. The van der Waals surface area contributed by atoms with Gasteiger partial charge in [-0.15, -0.1) is 11.3 Å². The summed E-state index contributed by atoms with van der Waals surface area (Å²) < 4.78 is 16.1. The molecule has 1 saturated carbocycles. The number of phenols is 1. The SMILES string of the molecule is CC.COc1cc(O)cc(Cc2nc(C(=O)NCC3(c4ccc(OC)c(OC)c4)CCCC3)cs2)c1. The number of aromatic hydroxyl groups is 1. The lowest BCUT2D eigenvalue weighted by Gasteiger charge is -2.30. The minimum Gasteiger partial charge on any atom is -0.508 e. The summed E-state index contributed by atoms with van der Waals surface area (Å²) in [5.74, 6) is 1.94. The Morgan fingerprint density at radius 1 is 1.03 bits per heavy atom. The molecule has 1 aliphatic rings. The number of hydrogen-bond acceptors (Lipinski definition) is 7. The van der Waals surface area contributed by atoms with E-state index in [1.54, 1.807) is 38.8 Å². The highest BCUT2D eigenvalue weighted by atomic mass is 32.1. The van der Waals surface area contributed by atoms with Gasteiger partial charge in [-0.1, -0.05) is 32.8 Å². The number of rotatable bonds is 9. The van der Waals surface area contributed by atoms with Crippen molar-refractivity contribution in [3.8, 4) is 23.0 Å². The van der Waals surface area contributed by atoms with E-state index in [0.29, 0.717) is 35.9 Å². The fourth-order valence-electron chi connectivity index (χ4n) is 4.66. The topological polar surface area (TPSA) is 89.9 Å². The van der Waals surface area contributed by atoms with Gasteiger partial charge in [-0.2, -0.15) is 0 Å². The molecule has 0 unspecified atom stereocenters. The van der Waals surface area contributed by atoms with Crippen molar-refractivity contribution >= 4 is 17.2 Å². The largest absolute Gasteiger partial charge is 0.508 e.